The van der Waals surface area contributed by atoms with Crippen LogP contribution < -0.4 is 4.72 Å². The molecule has 0 radical (unpaired) electrons. The first-order chi connectivity index (χ1) is 11.5. The molecular weight excluding hydrogens is 328 g/mol. The molecule has 24 heavy (non-hydrogen) atoms. The molecule has 128 valence electrons. The Bertz CT molecular complexity index is 827. The molecule has 0 fully saturated rings. The molecule has 3 rings (SSSR count). The Hall–Kier alpha value is -2.19. The van der Waals surface area contributed by atoms with Gasteiger partial charge in [-0.1, -0.05) is 6.92 Å². The maximum Gasteiger partial charge on any atom is 0.254 e. The Labute approximate surface area is 141 Å². The van der Waals surface area contributed by atoms with Gasteiger partial charge in [-0.25, -0.2) is 18.1 Å². The molecule has 0 aliphatic carbocycles. The Kier molecular flexibility index (Phi) is 4.68. The summed E-state index contributed by atoms with van der Waals surface area (Å²) in [5.41, 5.74) is 2.44. The first-order valence-corrected chi connectivity index (χ1v) is 9.39. The van der Waals surface area contributed by atoms with Crippen LogP contribution in [0.3, 0.4) is 0 Å². The van der Waals surface area contributed by atoms with E-state index in [4.69, 9.17) is 0 Å². The van der Waals surface area contributed by atoms with Gasteiger partial charge in [0.1, 0.15) is 0 Å². The maximum absolute atomic E-state index is 12.6. The summed E-state index contributed by atoms with van der Waals surface area (Å²) in [6, 6.07) is 6.06. The summed E-state index contributed by atoms with van der Waals surface area (Å²) in [5, 5.41) is 0. The van der Waals surface area contributed by atoms with E-state index in [1.54, 1.807) is 23.4 Å². The van der Waals surface area contributed by atoms with Crippen molar-refractivity contribution in [2.45, 2.75) is 31.2 Å². The zero-order valence-electron chi connectivity index (χ0n) is 13.4. The lowest BCUT2D eigenvalue weighted by Crippen LogP contribution is -2.36. The molecule has 0 spiro atoms. The number of aromatic nitrogens is 2. The predicted octanol–water partition coefficient (Wildman–Crippen LogP) is 1.30. The number of hydrogen-bond acceptors (Lipinski definition) is 4. The molecule has 0 unspecified atom stereocenters. The van der Waals surface area contributed by atoms with Crippen LogP contribution in [0.1, 0.15) is 35.1 Å². The highest BCUT2D eigenvalue weighted by molar-refractivity contribution is 7.89. The molecule has 1 amide bonds. The normalized spacial score (nSPS) is 14.5. The van der Waals surface area contributed by atoms with E-state index >= 15 is 0 Å². The number of amides is 1. The number of nitrogens with one attached hydrogen (secondary N) is 2. The van der Waals surface area contributed by atoms with Crippen LogP contribution in [0.15, 0.2) is 35.5 Å². The number of imidazole rings is 1. The zero-order chi connectivity index (χ0) is 17.2. The highest BCUT2D eigenvalue weighted by Gasteiger charge is 2.23. The number of aromatic amines is 1. The van der Waals surface area contributed by atoms with Crippen LogP contribution in [0, 0.1) is 0 Å². The number of rotatable bonds is 5. The Morgan fingerprint density at radius 2 is 2.08 bits per heavy atom. The molecule has 0 bridgehead atoms. The van der Waals surface area contributed by atoms with Gasteiger partial charge in [0.25, 0.3) is 5.91 Å². The second-order valence-corrected chi connectivity index (χ2v) is 7.49. The number of H-pyrrole nitrogens is 1. The van der Waals surface area contributed by atoms with E-state index in [-0.39, 0.29) is 10.8 Å². The Balaban J connectivity index is 1.73. The molecule has 2 heterocycles. The number of hydrogen-bond donors (Lipinski definition) is 2. The van der Waals surface area contributed by atoms with Crippen molar-refractivity contribution in [1.29, 1.82) is 0 Å². The van der Waals surface area contributed by atoms with E-state index in [0.717, 1.165) is 24.2 Å². The van der Waals surface area contributed by atoms with Crippen LogP contribution >= 0.6 is 0 Å². The molecule has 7 nitrogen and oxygen atoms in total. The van der Waals surface area contributed by atoms with E-state index < -0.39 is 10.0 Å². The van der Waals surface area contributed by atoms with E-state index in [1.165, 1.54) is 12.1 Å². The topological polar surface area (TPSA) is 95.2 Å². The minimum atomic E-state index is -3.51. The van der Waals surface area contributed by atoms with E-state index in [0.29, 0.717) is 25.2 Å². The Morgan fingerprint density at radius 1 is 1.33 bits per heavy atom. The summed E-state index contributed by atoms with van der Waals surface area (Å²) in [6.45, 7) is 3.39. The summed E-state index contributed by atoms with van der Waals surface area (Å²) in [7, 11) is -3.51. The monoisotopic (exact) mass is 348 g/mol. The highest BCUT2D eigenvalue weighted by atomic mass is 32.2. The fraction of sp³-hybridized carbons (Fsp3) is 0.375. The van der Waals surface area contributed by atoms with Gasteiger partial charge in [-0.15, -0.1) is 0 Å². The quantitative estimate of drug-likeness (QED) is 0.851. The van der Waals surface area contributed by atoms with Crippen molar-refractivity contribution in [3.8, 4) is 0 Å². The molecule has 1 aromatic carbocycles. The van der Waals surface area contributed by atoms with Crippen molar-refractivity contribution < 1.29 is 13.2 Å². The Morgan fingerprint density at radius 3 is 2.79 bits per heavy atom. The smallest absolute Gasteiger partial charge is 0.254 e. The van der Waals surface area contributed by atoms with Crippen LogP contribution in [0.5, 0.6) is 0 Å². The highest BCUT2D eigenvalue weighted by Crippen LogP contribution is 2.18. The third-order valence-electron chi connectivity index (χ3n) is 4.02. The van der Waals surface area contributed by atoms with Gasteiger partial charge in [-0.05, 0) is 30.7 Å². The van der Waals surface area contributed by atoms with Crippen LogP contribution in [0.2, 0.25) is 0 Å². The molecule has 1 aliphatic heterocycles. The number of carbonyl (C=O) groups is 1. The number of carbonyl (C=O) groups excluding carboxylic acids is 1. The number of fused-ring (bicyclic) bond motifs is 1. The largest absolute Gasteiger partial charge is 0.347 e. The lowest BCUT2D eigenvalue weighted by Gasteiger charge is -2.26. The van der Waals surface area contributed by atoms with Gasteiger partial charge >= 0.3 is 0 Å². The lowest BCUT2D eigenvalue weighted by atomic mass is 10.1. The molecule has 2 aromatic rings. The van der Waals surface area contributed by atoms with Gasteiger partial charge in [-0.2, -0.15) is 0 Å². The fourth-order valence-corrected chi connectivity index (χ4v) is 3.80. The molecule has 0 atom stereocenters. The van der Waals surface area contributed by atoms with Gasteiger partial charge in [-0.3, -0.25) is 4.79 Å². The SMILES string of the molecule is CCCNS(=O)(=O)c1ccc(C(=O)N2CCc3nc[nH]c3C2)cc1. The molecule has 1 aliphatic rings. The first kappa shape index (κ1) is 16.7. The van der Waals surface area contributed by atoms with Crippen LogP contribution in [-0.4, -0.2) is 42.3 Å². The lowest BCUT2D eigenvalue weighted by molar-refractivity contribution is 0.0732. The average molecular weight is 348 g/mol. The first-order valence-electron chi connectivity index (χ1n) is 7.91. The van der Waals surface area contributed by atoms with Crippen LogP contribution in [-0.2, 0) is 23.0 Å². The molecule has 8 heteroatoms. The minimum absolute atomic E-state index is 0.110. The van der Waals surface area contributed by atoms with Crippen molar-refractivity contribution >= 4 is 15.9 Å². The third-order valence-corrected chi connectivity index (χ3v) is 5.49. The van der Waals surface area contributed by atoms with Crippen molar-refractivity contribution in [3.05, 3.63) is 47.5 Å². The fourth-order valence-electron chi connectivity index (χ4n) is 2.66. The van der Waals surface area contributed by atoms with E-state index in [1.807, 2.05) is 6.92 Å². The van der Waals surface area contributed by atoms with Crippen molar-refractivity contribution in [2.24, 2.45) is 0 Å². The number of benzene rings is 1. The van der Waals surface area contributed by atoms with Crippen molar-refractivity contribution in [2.75, 3.05) is 13.1 Å². The molecule has 1 aromatic heterocycles. The van der Waals surface area contributed by atoms with Gasteiger partial charge in [0.15, 0.2) is 0 Å². The second-order valence-electron chi connectivity index (χ2n) is 5.73. The molecule has 2 N–H and O–H groups in total. The summed E-state index contributed by atoms with van der Waals surface area (Å²) in [4.78, 5) is 21.8. The maximum atomic E-state index is 12.6. The molecular formula is C16H20N4O3S. The minimum Gasteiger partial charge on any atom is -0.347 e. The second kappa shape index (κ2) is 6.74. The zero-order valence-corrected chi connectivity index (χ0v) is 14.3. The summed E-state index contributed by atoms with van der Waals surface area (Å²) < 4.78 is 26.6. The van der Waals surface area contributed by atoms with E-state index in [2.05, 4.69) is 14.7 Å². The molecule has 0 saturated heterocycles. The standard InChI is InChI=1S/C16H20N4O3S/c1-2-8-19-24(22,23)13-5-3-12(4-6-13)16(21)20-9-7-14-15(10-20)18-11-17-14/h3-6,11,19H,2,7-10H2,1H3,(H,17,18). The average Bonchev–Trinajstić information content (AvgIpc) is 3.07. The van der Waals surface area contributed by atoms with E-state index in [9.17, 15) is 13.2 Å². The molecule has 0 saturated carbocycles. The predicted molar refractivity (Wildman–Crippen MR) is 89.0 cm³/mol. The van der Waals surface area contributed by atoms with Crippen molar-refractivity contribution in [3.63, 3.8) is 0 Å². The van der Waals surface area contributed by atoms with Crippen LogP contribution in [0.25, 0.3) is 0 Å². The van der Waals surface area contributed by atoms with Gasteiger partial charge in [0.05, 0.1) is 29.2 Å². The van der Waals surface area contributed by atoms with Gasteiger partial charge < -0.3 is 9.88 Å². The third kappa shape index (κ3) is 3.34. The van der Waals surface area contributed by atoms with Crippen molar-refractivity contribution in [1.82, 2.24) is 19.6 Å². The summed E-state index contributed by atoms with van der Waals surface area (Å²) in [6.07, 6.45) is 3.08. The number of sulfonamides is 1. The van der Waals surface area contributed by atoms with Gasteiger partial charge in [0, 0.05) is 25.1 Å². The number of nitrogens with zero attached hydrogens (tertiary/aromatic N) is 2. The summed E-state index contributed by atoms with van der Waals surface area (Å²) >= 11 is 0. The van der Waals surface area contributed by atoms with Gasteiger partial charge in [0.2, 0.25) is 10.0 Å². The van der Waals surface area contributed by atoms with Crippen LogP contribution in [0.4, 0.5) is 0 Å². The summed E-state index contributed by atoms with van der Waals surface area (Å²) in [5.74, 6) is -0.110.